The van der Waals surface area contributed by atoms with Gasteiger partial charge in [-0.05, 0) is 88.4 Å². The predicted molar refractivity (Wildman–Crippen MR) is 181 cm³/mol. The topological polar surface area (TPSA) is 134 Å². The highest BCUT2D eigenvalue weighted by molar-refractivity contribution is 6.01. The number of imidazole rings is 2. The molecule has 44 heavy (non-hydrogen) atoms. The Hall–Kier alpha value is -5.68. The fraction of sp³-hybridized carbons (Fsp3) is 0.167. The van der Waals surface area contributed by atoms with Crippen molar-refractivity contribution in [3.63, 3.8) is 0 Å². The van der Waals surface area contributed by atoms with E-state index in [2.05, 4.69) is 31.8 Å². The van der Waals surface area contributed by atoms with E-state index in [0.717, 1.165) is 67.1 Å². The van der Waals surface area contributed by atoms with E-state index in [1.807, 2.05) is 113 Å². The molecule has 0 fully saturated rings. The van der Waals surface area contributed by atoms with Crippen molar-refractivity contribution in [3.05, 3.63) is 107 Å². The number of aliphatic imine (C=N–C) groups is 2. The van der Waals surface area contributed by atoms with Gasteiger partial charge in [0.05, 0.1) is 22.1 Å². The second-order valence-corrected chi connectivity index (χ2v) is 11.3. The van der Waals surface area contributed by atoms with E-state index < -0.39 is 0 Å². The number of fused-ring (bicyclic) bond motifs is 2. The number of benzene rings is 4. The fourth-order valence-corrected chi connectivity index (χ4v) is 4.88. The average Bonchev–Trinajstić information content (AvgIpc) is 3.63. The van der Waals surface area contributed by atoms with Crippen LogP contribution in [0, 0.1) is 11.8 Å². The van der Waals surface area contributed by atoms with E-state index in [4.69, 9.17) is 21.4 Å². The van der Waals surface area contributed by atoms with Crippen LogP contribution in [0.5, 0.6) is 0 Å². The molecule has 2 heterocycles. The summed E-state index contributed by atoms with van der Waals surface area (Å²) >= 11 is 0. The Balaban J connectivity index is 1.16. The van der Waals surface area contributed by atoms with E-state index in [9.17, 15) is 0 Å². The Kier molecular flexibility index (Phi) is 7.69. The molecule has 0 radical (unpaired) electrons. The van der Waals surface area contributed by atoms with E-state index in [-0.39, 0.29) is 12.1 Å². The molecule has 0 aliphatic heterocycles. The molecule has 0 amide bonds. The van der Waals surface area contributed by atoms with Gasteiger partial charge in [-0.1, -0.05) is 36.1 Å². The van der Waals surface area contributed by atoms with Gasteiger partial charge in [-0.15, -0.1) is 0 Å². The highest BCUT2D eigenvalue weighted by Gasteiger charge is 2.10. The van der Waals surface area contributed by atoms with Gasteiger partial charge >= 0.3 is 0 Å². The smallest absolute Gasteiger partial charge is 0.138 e. The van der Waals surface area contributed by atoms with Crippen LogP contribution in [0.4, 0.5) is 0 Å². The minimum absolute atomic E-state index is 0.136. The third-order valence-electron chi connectivity index (χ3n) is 7.02. The summed E-state index contributed by atoms with van der Waals surface area (Å²) in [7, 11) is 0. The first kappa shape index (κ1) is 28.4. The van der Waals surface area contributed by atoms with E-state index in [1.165, 1.54) is 0 Å². The van der Waals surface area contributed by atoms with Crippen molar-refractivity contribution in [3.8, 4) is 34.6 Å². The normalized spacial score (nSPS) is 12.3. The van der Waals surface area contributed by atoms with Crippen molar-refractivity contribution >= 4 is 33.7 Å². The highest BCUT2D eigenvalue weighted by atomic mass is 14.9. The minimum Gasteiger partial charge on any atom is -0.383 e. The molecular formula is C36H34N8. The third kappa shape index (κ3) is 6.22. The minimum atomic E-state index is 0.136. The summed E-state index contributed by atoms with van der Waals surface area (Å²) in [4.78, 5) is 25.2. The summed E-state index contributed by atoms with van der Waals surface area (Å²) < 4.78 is 0. The molecule has 0 saturated heterocycles. The second kappa shape index (κ2) is 11.9. The molecule has 8 heteroatoms. The zero-order valence-corrected chi connectivity index (χ0v) is 25.2. The summed E-state index contributed by atoms with van der Waals surface area (Å²) in [6.07, 6.45) is 0. The standard InChI is InChI=1S/C36H34N8/c1-21(2)39-33(37)27-15-17-29-31(19-27)43-35(41-29)25-11-7-23(8-12-25)5-6-24-9-13-26(14-10-24)36-42-30-18-16-28(20-32(30)44-36)34(38)40-22(3)4/h7-22H,1-4H3,(H2,37,39)(H2,38,40)(H,41,43)(H,42,44). The van der Waals surface area contributed by atoms with Crippen LogP contribution in [0.1, 0.15) is 49.9 Å². The van der Waals surface area contributed by atoms with Crippen molar-refractivity contribution in [2.45, 2.75) is 39.8 Å². The number of nitrogens with two attached hydrogens (primary N) is 2. The predicted octanol–water partition coefficient (Wildman–Crippen LogP) is 6.40. The molecule has 0 spiro atoms. The van der Waals surface area contributed by atoms with Crippen LogP contribution < -0.4 is 11.5 Å². The summed E-state index contributed by atoms with van der Waals surface area (Å²) in [5, 5.41) is 0. The number of H-pyrrole nitrogens is 2. The molecule has 0 aliphatic rings. The number of aromatic amines is 2. The van der Waals surface area contributed by atoms with Gasteiger partial charge in [0.2, 0.25) is 0 Å². The molecular weight excluding hydrogens is 544 g/mol. The van der Waals surface area contributed by atoms with Gasteiger partial charge in [0.25, 0.3) is 0 Å². The number of amidine groups is 2. The molecule has 0 aliphatic carbocycles. The monoisotopic (exact) mass is 578 g/mol. The maximum absolute atomic E-state index is 6.16. The van der Waals surface area contributed by atoms with Gasteiger partial charge in [-0.2, -0.15) is 0 Å². The zero-order valence-electron chi connectivity index (χ0n) is 25.2. The van der Waals surface area contributed by atoms with Crippen molar-refractivity contribution in [2.24, 2.45) is 21.5 Å². The average molecular weight is 579 g/mol. The SMILES string of the molecule is CC(C)N=C(N)c1ccc2nc(-c3ccc(C#Cc4ccc(-c5nc6ccc(C(N)=NC(C)C)cc6[nH]5)cc4)cc3)[nH]c2c1. The lowest BCUT2D eigenvalue weighted by molar-refractivity contribution is 0.834. The number of hydrogen-bond acceptors (Lipinski definition) is 4. The molecule has 2 aromatic heterocycles. The molecule has 6 aromatic rings. The Bertz CT molecular complexity index is 1930. The lowest BCUT2D eigenvalue weighted by Gasteiger charge is -2.03. The molecule has 218 valence electrons. The zero-order chi connectivity index (χ0) is 30.8. The summed E-state index contributed by atoms with van der Waals surface area (Å²) in [5.41, 5.74) is 21.5. The van der Waals surface area contributed by atoms with Crippen LogP contribution in [-0.2, 0) is 0 Å². The van der Waals surface area contributed by atoms with Crippen LogP contribution >= 0.6 is 0 Å². The van der Waals surface area contributed by atoms with Gasteiger partial charge in [-0.25, -0.2) is 9.97 Å². The molecule has 4 aromatic carbocycles. The van der Waals surface area contributed by atoms with Gasteiger partial charge < -0.3 is 21.4 Å². The number of hydrogen-bond donors (Lipinski definition) is 4. The van der Waals surface area contributed by atoms with Gasteiger partial charge in [0.1, 0.15) is 23.3 Å². The first-order chi connectivity index (χ1) is 21.2. The maximum atomic E-state index is 6.16. The van der Waals surface area contributed by atoms with Gasteiger partial charge in [0.15, 0.2) is 0 Å². The van der Waals surface area contributed by atoms with Crippen LogP contribution in [0.2, 0.25) is 0 Å². The molecule has 6 N–H and O–H groups in total. The van der Waals surface area contributed by atoms with Crippen molar-refractivity contribution in [2.75, 3.05) is 0 Å². The van der Waals surface area contributed by atoms with E-state index >= 15 is 0 Å². The molecule has 0 saturated carbocycles. The Morgan fingerprint density at radius 3 is 1.34 bits per heavy atom. The number of nitrogens with zero attached hydrogens (tertiary/aromatic N) is 4. The van der Waals surface area contributed by atoms with E-state index in [0.29, 0.717) is 11.7 Å². The fourth-order valence-electron chi connectivity index (χ4n) is 4.88. The molecule has 0 atom stereocenters. The number of rotatable bonds is 6. The summed E-state index contributed by atoms with van der Waals surface area (Å²) in [6, 6.07) is 28.2. The molecule has 0 unspecified atom stereocenters. The maximum Gasteiger partial charge on any atom is 0.138 e. The Labute approximate surface area is 256 Å². The quantitative estimate of drug-likeness (QED) is 0.103. The van der Waals surface area contributed by atoms with Gasteiger partial charge in [0, 0.05) is 45.5 Å². The van der Waals surface area contributed by atoms with Crippen LogP contribution in [-0.4, -0.2) is 43.7 Å². The molecule has 8 nitrogen and oxygen atoms in total. The molecule has 6 rings (SSSR count). The van der Waals surface area contributed by atoms with Crippen LogP contribution in [0.15, 0.2) is 94.9 Å². The Morgan fingerprint density at radius 2 is 0.977 bits per heavy atom. The largest absolute Gasteiger partial charge is 0.383 e. The van der Waals surface area contributed by atoms with E-state index in [1.54, 1.807) is 0 Å². The van der Waals surface area contributed by atoms with Crippen molar-refractivity contribution < 1.29 is 0 Å². The lowest BCUT2D eigenvalue weighted by Crippen LogP contribution is -2.15. The first-order valence-electron chi connectivity index (χ1n) is 14.6. The summed E-state index contributed by atoms with van der Waals surface area (Å²) in [6.45, 7) is 8.02. The summed E-state index contributed by atoms with van der Waals surface area (Å²) in [5.74, 6) is 9.15. The number of aromatic nitrogens is 4. The second-order valence-electron chi connectivity index (χ2n) is 11.3. The molecule has 0 bridgehead atoms. The van der Waals surface area contributed by atoms with Gasteiger partial charge in [-0.3, -0.25) is 9.98 Å². The third-order valence-corrected chi connectivity index (χ3v) is 7.02. The lowest BCUT2D eigenvalue weighted by atomic mass is 10.1. The first-order valence-corrected chi connectivity index (χ1v) is 14.6. The number of nitrogens with one attached hydrogen (secondary N) is 2. The van der Waals surface area contributed by atoms with Crippen molar-refractivity contribution in [1.29, 1.82) is 0 Å². The Morgan fingerprint density at radius 1 is 0.591 bits per heavy atom. The van der Waals surface area contributed by atoms with Crippen LogP contribution in [0.3, 0.4) is 0 Å². The highest BCUT2D eigenvalue weighted by Crippen LogP contribution is 2.23. The van der Waals surface area contributed by atoms with Crippen molar-refractivity contribution in [1.82, 2.24) is 19.9 Å². The van der Waals surface area contributed by atoms with Crippen LogP contribution in [0.25, 0.3) is 44.8 Å².